The number of carbonyl (C=O) groups excluding carboxylic acids is 4. The molecule has 2 saturated heterocycles. The second-order valence-electron chi connectivity index (χ2n) is 8.86. The summed E-state index contributed by atoms with van der Waals surface area (Å²) in [5, 5.41) is 9.48. The van der Waals surface area contributed by atoms with Gasteiger partial charge in [-0.2, -0.15) is 0 Å². The highest BCUT2D eigenvalue weighted by atomic mass is 19.3. The van der Waals surface area contributed by atoms with E-state index in [-0.39, 0.29) is 35.2 Å². The molecule has 4 heterocycles. The lowest BCUT2D eigenvalue weighted by Gasteiger charge is -2.55. The molecule has 0 radical (unpaired) electrons. The monoisotopic (exact) mass is 511 g/mol. The molecule has 0 unspecified atom stereocenters. The molecule has 1 spiro atoms. The molecular formula is C21H20F3N5O7. The first kappa shape index (κ1) is 23.8. The van der Waals surface area contributed by atoms with Gasteiger partial charge in [0.2, 0.25) is 17.4 Å². The predicted molar refractivity (Wildman–Crippen MR) is 113 cm³/mol. The summed E-state index contributed by atoms with van der Waals surface area (Å²) in [5.74, 6) is -3.11. The van der Waals surface area contributed by atoms with Crippen LogP contribution in [0.5, 0.6) is 5.88 Å². The van der Waals surface area contributed by atoms with Crippen LogP contribution in [0.25, 0.3) is 11.0 Å². The third-order valence-corrected chi connectivity index (χ3v) is 6.52. The van der Waals surface area contributed by atoms with E-state index in [0.29, 0.717) is 0 Å². The Morgan fingerprint density at radius 2 is 2.00 bits per heavy atom. The largest absolute Gasteiger partial charge is 0.414 e. The number of ether oxygens (including phenoxy) is 2. The fourth-order valence-corrected chi connectivity index (χ4v) is 5.29. The fraction of sp³-hybridized carbons (Fsp3) is 0.476. The smallest absolute Gasteiger partial charge is 0.387 e. The number of halogens is 3. The fourth-order valence-electron chi connectivity index (χ4n) is 5.29. The molecule has 192 valence electrons. The first-order valence-corrected chi connectivity index (χ1v) is 11.0. The molecule has 1 aromatic carbocycles. The van der Waals surface area contributed by atoms with Crippen LogP contribution in [0.3, 0.4) is 0 Å². The normalized spacial score (nSPS) is 24.9. The Morgan fingerprint density at radius 3 is 2.67 bits per heavy atom. The van der Waals surface area contributed by atoms with E-state index in [4.69, 9.17) is 14.0 Å². The highest BCUT2D eigenvalue weighted by molar-refractivity contribution is 6.20. The van der Waals surface area contributed by atoms with Gasteiger partial charge in [0.05, 0.1) is 35.9 Å². The number of hydrogen-bond acceptors (Lipinski definition) is 9. The maximum absolute atomic E-state index is 15.9. The van der Waals surface area contributed by atoms with Crippen molar-refractivity contribution in [1.82, 2.24) is 21.1 Å². The van der Waals surface area contributed by atoms with Gasteiger partial charge in [-0.25, -0.2) is 22.8 Å². The molecule has 2 aromatic rings. The van der Waals surface area contributed by atoms with Crippen LogP contribution in [0.2, 0.25) is 0 Å². The van der Waals surface area contributed by atoms with Crippen LogP contribution in [0.1, 0.15) is 19.4 Å². The Morgan fingerprint density at radius 1 is 1.31 bits per heavy atom. The van der Waals surface area contributed by atoms with Crippen molar-refractivity contribution in [2.75, 3.05) is 18.0 Å². The SMILES string of the molecule is C[C@@H]1CN2c3c(cc4c(OC(=O)NCC(F)F)noc4c3F)CC3(C(=O)NC(=O)NC3=O)[C@H]2[C@H](C)O1. The second kappa shape index (κ2) is 8.36. The number of nitrogens with zero attached hydrogens (tertiary/aromatic N) is 2. The summed E-state index contributed by atoms with van der Waals surface area (Å²) in [6.07, 6.45) is -5.53. The van der Waals surface area contributed by atoms with Crippen molar-refractivity contribution in [2.24, 2.45) is 5.41 Å². The van der Waals surface area contributed by atoms with E-state index in [9.17, 15) is 28.0 Å². The van der Waals surface area contributed by atoms with Gasteiger partial charge in [0, 0.05) is 13.0 Å². The molecule has 0 saturated carbocycles. The average molecular weight is 511 g/mol. The molecule has 2 fully saturated rings. The maximum atomic E-state index is 15.9. The van der Waals surface area contributed by atoms with E-state index in [1.54, 1.807) is 18.7 Å². The Kier molecular flexibility index (Phi) is 5.54. The van der Waals surface area contributed by atoms with Crippen molar-refractivity contribution in [2.45, 2.75) is 44.9 Å². The highest BCUT2D eigenvalue weighted by Crippen LogP contribution is 2.49. The summed E-state index contributed by atoms with van der Waals surface area (Å²) in [6, 6.07) is -0.600. The van der Waals surface area contributed by atoms with Crippen LogP contribution in [-0.4, -0.2) is 66.9 Å². The summed E-state index contributed by atoms with van der Waals surface area (Å²) in [4.78, 5) is 51.6. The van der Waals surface area contributed by atoms with Gasteiger partial charge in [0.1, 0.15) is 0 Å². The molecular weight excluding hydrogens is 491 g/mol. The Bertz CT molecular complexity index is 1280. The number of benzene rings is 1. The van der Waals surface area contributed by atoms with Crippen molar-refractivity contribution in [3.05, 3.63) is 17.4 Å². The van der Waals surface area contributed by atoms with Crippen LogP contribution < -0.4 is 25.6 Å². The lowest BCUT2D eigenvalue weighted by molar-refractivity contribution is -0.153. The van der Waals surface area contributed by atoms with E-state index < -0.39 is 72.3 Å². The number of imide groups is 2. The molecule has 0 aliphatic carbocycles. The zero-order chi connectivity index (χ0) is 25.9. The number of urea groups is 1. The second-order valence-corrected chi connectivity index (χ2v) is 8.86. The first-order chi connectivity index (χ1) is 17.0. The number of amides is 5. The number of barbiturate groups is 1. The quantitative estimate of drug-likeness (QED) is 0.517. The minimum Gasteiger partial charge on any atom is -0.387 e. The lowest BCUT2D eigenvalue weighted by Crippen LogP contribution is -2.75. The number of nitrogens with one attached hydrogen (secondary N) is 3. The number of aromatic nitrogens is 1. The number of morpholine rings is 1. The zero-order valence-corrected chi connectivity index (χ0v) is 18.9. The number of rotatable bonds is 3. The van der Waals surface area contributed by atoms with E-state index in [1.165, 1.54) is 6.07 Å². The van der Waals surface area contributed by atoms with Gasteiger partial charge in [-0.1, -0.05) is 0 Å². The van der Waals surface area contributed by atoms with Crippen LogP contribution in [0.15, 0.2) is 10.6 Å². The minimum absolute atomic E-state index is 0.0440. The summed E-state index contributed by atoms with van der Waals surface area (Å²) < 4.78 is 56.4. The van der Waals surface area contributed by atoms with Gasteiger partial charge in [-0.05, 0) is 30.6 Å². The Hall–Kier alpha value is -3.88. The molecule has 3 aliphatic rings. The number of alkyl halides is 2. The molecule has 5 amide bonds. The Labute approximate surface area is 200 Å². The molecule has 0 bridgehead atoms. The van der Waals surface area contributed by atoms with Gasteiger partial charge < -0.3 is 24.2 Å². The standard InChI is InChI=1S/C21H20F3N5O7/c1-7-6-29-13-9(4-21(15(29)8(2)34-7)17(30)26-19(32)27-18(21)31)3-10-14(12(13)24)36-28-16(10)35-20(33)25-5-11(22)23/h3,7-8,11,15H,4-6H2,1-2H3,(H,25,33)(H2,26,27,30,31,32)/t7-,8+,15-/m1/s1. The Balaban J connectivity index is 1.63. The van der Waals surface area contributed by atoms with Crippen LogP contribution >= 0.6 is 0 Å². The average Bonchev–Trinajstić information content (AvgIpc) is 3.18. The molecule has 1 aromatic heterocycles. The van der Waals surface area contributed by atoms with E-state index in [0.717, 1.165) is 0 Å². The van der Waals surface area contributed by atoms with Gasteiger partial charge in [-0.3, -0.25) is 20.2 Å². The summed E-state index contributed by atoms with van der Waals surface area (Å²) in [5.41, 5.74) is -2.01. The topological polar surface area (TPSA) is 152 Å². The lowest BCUT2D eigenvalue weighted by atomic mass is 9.66. The van der Waals surface area contributed by atoms with Crippen LogP contribution in [-0.2, 0) is 20.7 Å². The predicted octanol–water partition coefficient (Wildman–Crippen LogP) is 1.21. The molecule has 3 N–H and O–H groups in total. The van der Waals surface area contributed by atoms with Gasteiger partial charge in [0.15, 0.2) is 11.2 Å². The van der Waals surface area contributed by atoms with Crippen molar-refractivity contribution >= 4 is 40.6 Å². The number of anilines is 1. The minimum atomic E-state index is -2.82. The summed E-state index contributed by atoms with van der Waals surface area (Å²) in [7, 11) is 0. The molecule has 3 aliphatic heterocycles. The van der Waals surface area contributed by atoms with E-state index >= 15 is 4.39 Å². The van der Waals surface area contributed by atoms with Crippen LogP contribution in [0, 0.1) is 11.2 Å². The van der Waals surface area contributed by atoms with Gasteiger partial charge in [-0.15, -0.1) is 0 Å². The highest BCUT2D eigenvalue weighted by Gasteiger charge is 2.63. The van der Waals surface area contributed by atoms with Crippen molar-refractivity contribution in [1.29, 1.82) is 0 Å². The van der Waals surface area contributed by atoms with Crippen molar-refractivity contribution in [3.63, 3.8) is 0 Å². The van der Waals surface area contributed by atoms with Crippen molar-refractivity contribution in [3.8, 4) is 5.88 Å². The van der Waals surface area contributed by atoms with Gasteiger partial charge >= 0.3 is 12.1 Å². The molecule has 15 heteroatoms. The third kappa shape index (κ3) is 3.53. The van der Waals surface area contributed by atoms with Crippen LogP contribution in [0.4, 0.5) is 28.4 Å². The zero-order valence-electron chi connectivity index (χ0n) is 18.9. The third-order valence-electron chi connectivity index (χ3n) is 6.52. The number of carbonyl (C=O) groups is 4. The van der Waals surface area contributed by atoms with E-state index in [1.807, 2.05) is 5.32 Å². The summed E-state index contributed by atoms with van der Waals surface area (Å²) in [6.45, 7) is 2.52. The van der Waals surface area contributed by atoms with E-state index in [2.05, 4.69) is 15.8 Å². The maximum Gasteiger partial charge on any atom is 0.414 e. The molecule has 12 nitrogen and oxygen atoms in total. The number of hydrogen-bond donors (Lipinski definition) is 3. The summed E-state index contributed by atoms with van der Waals surface area (Å²) >= 11 is 0. The molecule has 5 rings (SSSR count). The first-order valence-electron chi connectivity index (χ1n) is 11.0. The van der Waals surface area contributed by atoms with Crippen molar-refractivity contribution < 1.29 is 46.3 Å². The van der Waals surface area contributed by atoms with Gasteiger partial charge in [0.25, 0.3) is 12.3 Å². The number of fused-ring (bicyclic) bond motifs is 5. The molecule has 36 heavy (non-hydrogen) atoms. The molecule has 3 atom stereocenters.